The number of amides is 1. The molecule has 2 N–H and O–H groups in total. The molecule has 0 unspecified atom stereocenters. The first-order valence-corrected chi connectivity index (χ1v) is 6.53. The van der Waals surface area contributed by atoms with Gasteiger partial charge in [-0.05, 0) is 37.6 Å². The van der Waals surface area contributed by atoms with Crippen molar-refractivity contribution in [1.29, 1.82) is 0 Å². The van der Waals surface area contributed by atoms with E-state index in [1.807, 2.05) is 19.9 Å². The second-order valence-electron chi connectivity index (χ2n) is 4.71. The Morgan fingerprint density at radius 3 is 2.76 bits per heavy atom. The summed E-state index contributed by atoms with van der Waals surface area (Å²) in [4.78, 5) is 12.2. The molecule has 0 aliphatic heterocycles. The third-order valence-corrected chi connectivity index (χ3v) is 3.27. The minimum Gasteiger partial charge on any atom is -0.384 e. The number of carbonyl (C=O) groups is 1. The van der Waals surface area contributed by atoms with Gasteiger partial charge in [0.15, 0.2) is 0 Å². The van der Waals surface area contributed by atoms with E-state index in [-0.39, 0.29) is 12.5 Å². The molecule has 1 aromatic heterocycles. The molecule has 2 aromatic rings. The molecule has 0 bridgehead atoms. The van der Waals surface area contributed by atoms with E-state index in [1.165, 1.54) is 0 Å². The molecule has 0 spiro atoms. The smallest absolute Gasteiger partial charge is 0.259 e. The molecule has 5 heteroatoms. The summed E-state index contributed by atoms with van der Waals surface area (Å²) in [6.07, 6.45) is 1.56. The number of aryl methyl sites for hydroxylation is 2. The molecule has 1 amide bonds. The third kappa shape index (κ3) is 3.30. The van der Waals surface area contributed by atoms with Crippen LogP contribution in [0, 0.1) is 25.7 Å². The lowest BCUT2D eigenvalue weighted by molar-refractivity contribution is 0.102. The van der Waals surface area contributed by atoms with Gasteiger partial charge in [0.05, 0.1) is 11.8 Å². The average molecular weight is 283 g/mol. The molecule has 2 rings (SSSR count). The molecular weight excluding hydrogens is 266 g/mol. The Hall–Kier alpha value is -2.58. The zero-order valence-corrected chi connectivity index (χ0v) is 12.3. The second kappa shape index (κ2) is 6.25. The Morgan fingerprint density at radius 2 is 2.19 bits per heavy atom. The molecular formula is C16H17N3O2. The molecule has 0 saturated heterocycles. The van der Waals surface area contributed by atoms with E-state index >= 15 is 0 Å². The Kier molecular flexibility index (Phi) is 4.41. The zero-order valence-electron chi connectivity index (χ0n) is 12.3. The van der Waals surface area contributed by atoms with Crippen molar-refractivity contribution in [2.45, 2.75) is 13.8 Å². The van der Waals surface area contributed by atoms with Crippen LogP contribution in [-0.2, 0) is 7.05 Å². The van der Waals surface area contributed by atoms with E-state index in [9.17, 15) is 4.79 Å². The summed E-state index contributed by atoms with van der Waals surface area (Å²) in [5, 5.41) is 15.6. The summed E-state index contributed by atoms with van der Waals surface area (Å²) in [6, 6.07) is 5.48. The lowest BCUT2D eigenvalue weighted by Crippen LogP contribution is -2.13. The molecule has 5 nitrogen and oxygen atoms in total. The normalized spacial score (nSPS) is 9.90. The largest absolute Gasteiger partial charge is 0.384 e. The highest BCUT2D eigenvalue weighted by atomic mass is 16.2. The second-order valence-corrected chi connectivity index (χ2v) is 4.71. The van der Waals surface area contributed by atoms with Crippen molar-refractivity contribution < 1.29 is 9.90 Å². The van der Waals surface area contributed by atoms with Gasteiger partial charge in [0.25, 0.3) is 5.91 Å². The molecule has 1 heterocycles. The Morgan fingerprint density at radius 1 is 1.43 bits per heavy atom. The van der Waals surface area contributed by atoms with E-state index < -0.39 is 0 Å². The topological polar surface area (TPSA) is 67.2 Å². The standard InChI is InChI=1S/C16H17N3O2/c1-11-9-13(5-4-8-20)6-7-15(11)18-16(21)14-10-17-19(3)12(14)2/h6-7,9-10,20H,8H2,1-3H3,(H,18,21). The molecule has 21 heavy (non-hydrogen) atoms. The number of aliphatic hydroxyl groups excluding tert-OH is 1. The van der Waals surface area contributed by atoms with Gasteiger partial charge in [-0.2, -0.15) is 5.10 Å². The quantitative estimate of drug-likeness (QED) is 0.823. The monoisotopic (exact) mass is 283 g/mol. The fraction of sp³-hybridized carbons (Fsp3) is 0.250. The van der Waals surface area contributed by atoms with Crippen molar-refractivity contribution in [3.63, 3.8) is 0 Å². The maximum absolute atomic E-state index is 12.2. The Bertz CT molecular complexity index is 736. The number of benzene rings is 1. The van der Waals surface area contributed by atoms with Gasteiger partial charge in [0, 0.05) is 24.0 Å². The Labute approximate surface area is 123 Å². The number of aromatic nitrogens is 2. The highest BCUT2D eigenvalue weighted by Gasteiger charge is 2.13. The summed E-state index contributed by atoms with van der Waals surface area (Å²) < 4.78 is 1.66. The van der Waals surface area contributed by atoms with Crippen molar-refractivity contribution in [3.8, 4) is 11.8 Å². The zero-order chi connectivity index (χ0) is 15.4. The minimum absolute atomic E-state index is 0.169. The molecule has 108 valence electrons. The molecule has 0 aliphatic carbocycles. The van der Waals surface area contributed by atoms with Gasteiger partial charge in [-0.25, -0.2) is 0 Å². The number of nitrogens with zero attached hydrogens (tertiary/aromatic N) is 2. The van der Waals surface area contributed by atoms with Crippen molar-refractivity contribution >= 4 is 11.6 Å². The first kappa shape index (κ1) is 14.8. The summed E-state index contributed by atoms with van der Waals surface area (Å²) in [6.45, 7) is 3.58. The van der Waals surface area contributed by atoms with E-state index in [0.29, 0.717) is 5.56 Å². The molecule has 0 aliphatic rings. The Balaban J connectivity index is 2.20. The average Bonchev–Trinajstić information content (AvgIpc) is 2.79. The van der Waals surface area contributed by atoms with Gasteiger partial charge in [0.1, 0.15) is 6.61 Å². The van der Waals surface area contributed by atoms with Crippen LogP contribution in [0.4, 0.5) is 5.69 Å². The number of anilines is 1. The van der Waals surface area contributed by atoms with Crippen LogP contribution in [0.3, 0.4) is 0 Å². The van der Waals surface area contributed by atoms with Gasteiger partial charge in [-0.1, -0.05) is 11.8 Å². The number of nitrogens with one attached hydrogen (secondary N) is 1. The minimum atomic E-state index is -0.183. The summed E-state index contributed by atoms with van der Waals surface area (Å²) in [5.74, 6) is 5.25. The van der Waals surface area contributed by atoms with Crippen LogP contribution in [0.25, 0.3) is 0 Å². The number of hydrogen-bond donors (Lipinski definition) is 2. The van der Waals surface area contributed by atoms with Crippen LogP contribution in [0.1, 0.15) is 27.2 Å². The van der Waals surface area contributed by atoms with E-state index in [4.69, 9.17) is 5.11 Å². The van der Waals surface area contributed by atoms with Gasteiger partial charge in [-0.15, -0.1) is 0 Å². The SMILES string of the molecule is Cc1cc(C#CCO)ccc1NC(=O)c1cnn(C)c1C. The number of aliphatic hydroxyl groups is 1. The number of hydrogen-bond acceptors (Lipinski definition) is 3. The third-order valence-electron chi connectivity index (χ3n) is 3.27. The van der Waals surface area contributed by atoms with Crippen molar-refractivity contribution in [2.24, 2.45) is 7.05 Å². The first-order chi connectivity index (χ1) is 10.0. The van der Waals surface area contributed by atoms with Crippen molar-refractivity contribution in [2.75, 3.05) is 11.9 Å². The first-order valence-electron chi connectivity index (χ1n) is 6.53. The summed E-state index contributed by atoms with van der Waals surface area (Å²) in [5.41, 5.74) is 3.82. The van der Waals surface area contributed by atoms with E-state index in [1.54, 1.807) is 30.1 Å². The predicted octanol–water partition coefficient (Wildman–Crippen LogP) is 1.63. The van der Waals surface area contributed by atoms with Crippen molar-refractivity contribution in [3.05, 3.63) is 46.8 Å². The van der Waals surface area contributed by atoms with E-state index in [2.05, 4.69) is 22.3 Å². The lowest BCUT2D eigenvalue weighted by atomic mass is 10.1. The van der Waals surface area contributed by atoms with Gasteiger partial charge < -0.3 is 10.4 Å². The number of rotatable bonds is 2. The highest BCUT2D eigenvalue weighted by Crippen LogP contribution is 2.18. The maximum atomic E-state index is 12.2. The van der Waals surface area contributed by atoms with Gasteiger partial charge in [-0.3, -0.25) is 9.48 Å². The fourth-order valence-corrected chi connectivity index (χ4v) is 1.93. The predicted molar refractivity (Wildman–Crippen MR) is 81.0 cm³/mol. The van der Waals surface area contributed by atoms with Crippen molar-refractivity contribution in [1.82, 2.24) is 9.78 Å². The maximum Gasteiger partial charge on any atom is 0.259 e. The van der Waals surface area contributed by atoms with Crippen LogP contribution >= 0.6 is 0 Å². The molecule has 0 saturated carbocycles. The lowest BCUT2D eigenvalue weighted by Gasteiger charge is -2.08. The summed E-state index contributed by atoms with van der Waals surface area (Å²) in [7, 11) is 1.80. The summed E-state index contributed by atoms with van der Waals surface area (Å²) >= 11 is 0. The fourth-order valence-electron chi connectivity index (χ4n) is 1.93. The van der Waals surface area contributed by atoms with Crippen LogP contribution in [0.2, 0.25) is 0 Å². The number of carbonyl (C=O) groups excluding carboxylic acids is 1. The molecule has 0 atom stereocenters. The van der Waals surface area contributed by atoms with E-state index in [0.717, 1.165) is 22.5 Å². The molecule has 1 aromatic carbocycles. The van der Waals surface area contributed by atoms with Crippen LogP contribution in [0.15, 0.2) is 24.4 Å². The van der Waals surface area contributed by atoms with Gasteiger partial charge in [0.2, 0.25) is 0 Å². The van der Waals surface area contributed by atoms with Gasteiger partial charge >= 0.3 is 0 Å². The van der Waals surface area contributed by atoms with Crippen LogP contribution in [-0.4, -0.2) is 27.4 Å². The van der Waals surface area contributed by atoms with Crippen LogP contribution < -0.4 is 5.32 Å². The molecule has 0 radical (unpaired) electrons. The highest BCUT2D eigenvalue weighted by molar-refractivity contribution is 6.05. The van der Waals surface area contributed by atoms with Crippen LogP contribution in [0.5, 0.6) is 0 Å². The molecule has 0 fully saturated rings.